The van der Waals surface area contributed by atoms with Gasteiger partial charge >= 0.3 is 0 Å². The molecule has 0 saturated carbocycles. The molecule has 3 aromatic heterocycles. The van der Waals surface area contributed by atoms with Crippen LogP contribution in [0.15, 0.2) is 12.3 Å². The van der Waals surface area contributed by atoms with Crippen LogP contribution in [0.25, 0.3) is 11.2 Å². The fourth-order valence-corrected chi connectivity index (χ4v) is 3.20. The van der Waals surface area contributed by atoms with Crippen LogP contribution in [0.3, 0.4) is 0 Å². The summed E-state index contributed by atoms with van der Waals surface area (Å²) in [5, 5.41) is 10.6. The van der Waals surface area contributed by atoms with Gasteiger partial charge in [0.15, 0.2) is 5.65 Å². The second-order valence-corrected chi connectivity index (χ2v) is 9.93. The lowest BCUT2D eigenvalue weighted by atomic mass is 9.98. The number of nitrogens with one attached hydrogen (secondary N) is 1. The number of imidazole rings is 1. The molecular formula is C21H33N5S. The summed E-state index contributed by atoms with van der Waals surface area (Å²) in [6, 6.07) is 2.14. The lowest BCUT2D eigenvalue weighted by Crippen LogP contribution is -2.10. The van der Waals surface area contributed by atoms with E-state index in [4.69, 9.17) is 0 Å². The maximum Gasteiger partial charge on any atom is 0.177 e. The summed E-state index contributed by atoms with van der Waals surface area (Å²) < 4.78 is 0. The van der Waals surface area contributed by atoms with E-state index in [-0.39, 0.29) is 5.41 Å². The van der Waals surface area contributed by atoms with Crippen molar-refractivity contribution in [1.29, 1.82) is 0 Å². The smallest absolute Gasteiger partial charge is 0.177 e. The summed E-state index contributed by atoms with van der Waals surface area (Å²) in [6.45, 7) is 19.4. The molecule has 3 rings (SSSR count). The van der Waals surface area contributed by atoms with Gasteiger partial charge in [0.1, 0.15) is 15.8 Å². The van der Waals surface area contributed by atoms with Crippen molar-refractivity contribution in [2.24, 2.45) is 0 Å². The Morgan fingerprint density at radius 3 is 2.04 bits per heavy atom. The molecule has 0 saturated heterocycles. The highest BCUT2D eigenvalue weighted by atomic mass is 32.1. The molecule has 0 aliphatic carbocycles. The van der Waals surface area contributed by atoms with Crippen molar-refractivity contribution >= 4 is 22.5 Å². The van der Waals surface area contributed by atoms with Crippen molar-refractivity contribution in [3.63, 3.8) is 0 Å². The van der Waals surface area contributed by atoms with Gasteiger partial charge in [0, 0.05) is 23.4 Å². The number of H-pyrrole nitrogens is 1. The highest BCUT2D eigenvalue weighted by Gasteiger charge is 2.19. The van der Waals surface area contributed by atoms with Crippen LogP contribution < -0.4 is 0 Å². The van der Waals surface area contributed by atoms with Crippen LogP contribution in [-0.4, -0.2) is 25.1 Å². The number of rotatable bonds is 3. The molecule has 0 aromatic carbocycles. The molecule has 0 bridgehead atoms. The predicted octanol–water partition coefficient (Wildman–Crippen LogP) is 6.16. The summed E-state index contributed by atoms with van der Waals surface area (Å²) in [5.41, 5.74) is 3.26. The average Bonchev–Trinajstić information content (AvgIpc) is 3.21. The van der Waals surface area contributed by atoms with Crippen LogP contribution in [-0.2, 0) is 5.41 Å². The fraction of sp³-hybridized carbons (Fsp3) is 0.619. The zero-order chi connectivity index (χ0) is 20.4. The van der Waals surface area contributed by atoms with E-state index in [9.17, 15) is 0 Å². The minimum Gasteiger partial charge on any atom is -0.340 e. The highest BCUT2D eigenvalue weighted by molar-refractivity contribution is 7.11. The van der Waals surface area contributed by atoms with Crippen molar-refractivity contribution in [3.8, 4) is 0 Å². The normalized spacial score (nSPS) is 12.1. The van der Waals surface area contributed by atoms with E-state index in [0.29, 0.717) is 17.8 Å². The van der Waals surface area contributed by atoms with Gasteiger partial charge in [-0.3, -0.25) is 0 Å². The standard InChI is InChI=1S/C12H17N3.C9H16N2S/c1-7(2)9-5-10-12(13-6-9)15-11(14-10)8(3)4;1-6(2)7-10-11-8(12-7)9(3,4)5/h5-8H,1-4H3,(H,13,14,15);6H,1-5H3. The highest BCUT2D eigenvalue weighted by Crippen LogP contribution is 2.28. The Kier molecular flexibility index (Phi) is 6.73. The molecule has 27 heavy (non-hydrogen) atoms. The SMILES string of the molecule is CC(C)c1cnc2nc(C(C)C)[nH]c2c1.CC(C)c1nnc(C(C)(C)C)s1. The number of aromatic amines is 1. The second kappa shape index (κ2) is 8.46. The monoisotopic (exact) mass is 387 g/mol. The maximum atomic E-state index is 4.45. The number of aromatic nitrogens is 5. The van der Waals surface area contributed by atoms with Gasteiger partial charge in [0.2, 0.25) is 0 Å². The predicted molar refractivity (Wildman–Crippen MR) is 115 cm³/mol. The van der Waals surface area contributed by atoms with E-state index in [1.807, 2.05) is 6.20 Å². The van der Waals surface area contributed by atoms with E-state index in [2.05, 4.69) is 93.5 Å². The lowest BCUT2D eigenvalue weighted by molar-refractivity contribution is 0.577. The summed E-state index contributed by atoms with van der Waals surface area (Å²) in [6.07, 6.45) is 1.91. The molecule has 0 aliphatic rings. The largest absolute Gasteiger partial charge is 0.340 e. The average molecular weight is 388 g/mol. The van der Waals surface area contributed by atoms with Crippen LogP contribution >= 0.6 is 11.3 Å². The van der Waals surface area contributed by atoms with E-state index < -0.39 is 0 Å². The Morgan fingerprint density at radius 2 is 1.59 bits per heavy atom. The van der Waals surface area contributed by atoms with Crippen LogP contribution in [0, 0.1) is 0 Å². The van der Waals surface area contributed by atoms with Crippen LogP contribution in [0.2, 0.25) is 0 Å². The van der Waals surface area contributed by atoms with Crippen molar-refractivity contribution in [1.82, 2.24) is 25.1 Å². The topological polar surface area (TPSA) is 67.3 Å². The first-order valence-corrected chi connectivity index (χ1v) is 10.5. The van der Waals surface area contributed by atoms with Gasteiger partial charge in [-0.05, 0) is 17.5 Å². The van der Waals surface area contributed by atoms with Gasteiger partial charge in [0.25, 0.3) is 0 Å². The Hall–Kier alpha value is -1.82. The number of pyridine rings is 1. The van der Waals surface area contributed by atoms with Gasteiger partial charge in [-0.15, -0.1) is 21.5 Å². The summed E-state index contributed by atoms with van der Waals surface area (Å²) >= 11 is 1.73. The summed E-state index contributed by atoms with van der Waals surface area (Å²) in [7, 11) is 0. The molecular weight excluding hydrogens is 354 g/mol. The molecule has 0 fully saturated rings. The number of hydrogen-bond donors (Lipinski definition) is 1. The molecule has 0 atom stereocenters. The van der Waals surface area contributed by atoms with E-state index in [1.165, 1.54) is 5.56 Å². The molecule has 0 unspecified atom stereocenters. The zero-order valence-electron chi connectivity index (χ0n) is 18.1. The second-order valence-electron chi connectivity index (χ2n) is 8.92. The quantitative estimate of drug-likeness (QED) is 0.584. The van der Waals surface area contributed by atoms with Crippen molar-refractivity contribution in [3.05, 3.63) is 33.7 Å². The number of hydrogen-bond acceptors (Lipinski definition) is 5. The van der Waals surface area contributed by atoms with Crippen LogP contribution in [0.1, 0.15) is 101 Å². The van der Waals surface area contributed by atoms with Gasteiger partial charge < -0.3 is 4.98 Å². The summed E-state index contributed by atoms with van der Waals surface area (Å²) in [5.74, 6) is 2.44. The molecule has 6 heteroatoms. The van der Waals surface area contributed by atoms with Gasteiger partial charge in [-0.1, -0.05) is 62.3 Å². The first-order valence-electron chi connectivity index (χ1n) is 9.68. The maximum absolute atomic E-state index is 4.45. The third-order valence-electron chi connectivity index (χ3n) is 4.17. The molecule has 0 amide bonds. The molecule has 3 aromatic rings. The van der Waals surface area contributed by atoms with Gasteiger partial charge in [0.05, 0.1) is 5.52 Å². The zero-order valence-corrected chi connectivity index (χ0v) is 18.9. The van der Waals surface area contributed by atoms with Crippen molar-refractivity contribution in [2.45, 2.75) is 85.5 Å². The Balaban J connectivity index is 0.000000199. The van der Waals surface area contributed by atoms with E-state index in [0.717, 1.165) is 27.0 Å². The lowest BCUT2D eigenvalue weighted by Gasteiger charge is -2.12. The van der Waals surface area contributed by atoms with Crippen LogP contribution in [0.4, 0.5) is 0 Å². The Bertz CT molecular complexity index is 862. The Labute approximate surface area is 167 Å². The van der Waals surface area contributed by atoms with Gasteiger partial charge in [-0.2, -0.15) is 0 Å². The molecule has 3 heterocycles. The first kappa shape index (κ1) is 21.5. The third kappa shape index (κ3) is 5.58. The minimum absolute atomic E-state index is 0.144. The number of fused-ring (bicyclic) bond motifs is 1. The van der Waals surface area contributed by atoms with Crippen LogP contribution in [0.5, 0.6) is 0 Å². The van der Waals surface area contributed by atoms with Crippen molar-refractivity contribution < 1.29 is 0 Å². The number of nitrogens with zero attached hydrogens (tertiary/aromatic N) is 4. The first-order chi connectivity index (χ1) is 12.5. The van der Waals surface area contributed by atoms with E-state index in [1.54, 1.807) is 11.3 Å². The summed E-state index contributed by atoms with van der Waals surface area (Å²) in [4.78, 5) is 12.1. The van der Waals surface area contributed by atoms with Gasteiger partial charge in [-0.25, -0.2) is 9.97 Å². The van der Waals surface area contributed by atoms with E-state index >= 15 is 0 Å². The molecule has 0 radical (unpaired) electrons. The minimum atomic E-state index is 0.144. The molecule has 5 nitrogen and oxygen atoms in total. The van der Waals surface area contributed by atoms with Crippen molar-refractivity contribution in [2.75, 3.05) is 0 Å². The Morgan fingerprint density at radius 1 is 0.926 bits per heavy atom. The fourth-order valence-electron chi connectivity index (χ4n) is 2.29. The molecule has 1 N–H and O–H groups in total. The third-order valence-corrected chi connectivity index (χ3v) is 5.82. The molecule has 148 valence electrons. The molecule has 0 aliphatic heterocycles. The molecule has 0 spiro atoms.